The SMILES string of the molecule is CC1CCC2(CCNCC2c2ccccc2F)CC1. The van der Waals surface area contributed by atoms with Gasteiger partial charge in [0.2, 0.25) is 0 Å². The van der Waals surface area contributed by atoms with E-state index < -0.39 is 0 Å². The van der Waals surface area contributed by atoms with Gasteiger partial charge in [-0.15, -0.1) is 0 Å². The maximum absolute atomic E-state index is 14.2. The van der Waals surface area contributed by atoms with E-state index in [1.165, 1.54) is 32.1 Å². The van der Waals surface area contributed by atoms with Crippen LogP contribution < -0.4 is 5.32 Å². The minimum Gasteiger partial charge on any atom is -0.316 e. The van der Waals surface area contributed by atoms with Crippen LogP contribution in [0.4, 0.5) is 4.39 Å². The molecule has 0 aromatic heterocycles. The van der Waals surface area contributed by atoms with E-state index in [2.05, 4.69) is 12.2 Å². The van der Waals surface area contributed by atoms with Crippen molar-refractivity contribution in [3.63, 3.8) is 0 Å². The lowest BCUT2D eigenvalue weighted by Crippen LogP contribution is -2.45. The van der Waals surface area contributed by atoms with Crippen LogP contribution in [-0.4, -0.2) is 13.1 Å². The highest BCUT2D eigenvalue weighted by atomic mass is 19.1. The molecule has 1 saturated heterocycles. The van der Waals surface area contributed by atoms with Gasteiger partial charge < -0.3 is 5.32 Å². The van der Waals surface area contributed by atoms with E-state index in [-0.39, 0.29) is 5.82 Å². The summed E-state index contributed by atoms with van der Waals surface area (Å²) in [6.07, 6.45) is 6.37. The molecule has 1 aliphatic heterocycles. The molecule has 0 radical (unpaired) electrons. The zero-order valence-electron chi connectivity index (χ0n) is 11.8. The largest absolute Gasteiger partial charge is 0.316 e. The molecular weight excluding hydrogens is 237 g/mol. The Kier molecular flexibility index (Phi) is 3.62. The van der Waals surface area contributed by atoms with E-state index in [0.29, 0.717) is 11.3 Å². The summed E-state index contributed by atoms with van der Waals surface area (Å²) in [5.74, 6) is 1.19. The van der Waals surface area contributed by atoms with Crippen LogP contribution in [0.1, 0.15) is 50.5 Å². The monoisotopic (exact) mass is 261 g/mol. The van der Waals surface area contributed by atoms with Gasteiger partial charge in [0.1, 0.15) is 5.82 Å². The molecule has 2 aliphatic rings. The molecule has 1 aliphatic carbocycles. The highest BCUT2D eigenvalue weighted by molar-refractivity contribution is 5.26. The second-order valence-corrected chi connectivity index (χ2v) is 6.57. The zero-order valence-corrected chi connectivity index (χ0v) is 11.8. The lowest BCUT2D eigenvalue weighted by Gasteiger charge is -2.48. The normalized spacial score (nSPS) is 35.5. The van der Waals surface area contributed by atoms with Crippen LogP contribution in [0, 0.1) is 17.2 Å². The number of benzene rings is 1. The Balaban J connectivity index is 1.91. The Hall–Kier alpha value is -0.890. The maximum atomic E-state index is 14.2. The molecule has 1 atom stereocenters. The smallest absolute Gasteiger partial charge is 0.126 e. The van der Waals surface area contributed by atoms with E-state index in [0.717, 1.165) is 24.6 Å². The first kappa shape index (κ1) is 13.1. The number of rotatable bonds is 1. The lowest BCUT2D eigenvalue weighted by molar-refractivity contribution is 0.0817. The van der Waals surface area contributed by atoms with E-state index in [1.54, 1.807) is 12.1 Å². The van der Waals surface area contributed by atoms with Crippen molar-refractivity contribution in [2.24, 2.45) is 11.3 Å². The Morgan fingerprint density at radius 2 is 1.89 bits per heavy atom. The third-order valence-corrected chi connectivity index (χ3v) is 5.44. The zero-order chi connectivity index (χ0) is 13.3. The Bertz CT molecular complexity index is 435. The Labute approximate surface area is 115 Å². The number of hydrogen-bond donors (Lipinski definition) is 1. The summed E-state index contributed by atoms with van der Waals surface area (Å²) in [6, 6.07) is 7.38. The first-order chi connectivity index (χ1) is 9.21. The molecule has 0 bridgehead atoms. The van der Waals surface area contributed by atoms with E-state index >= 15 is 0 Å². The molecule has 1 aromatic rings. The average Bonchev–Trinajstić information content (AvgIpc) is 2.44. The summed E-state index contributed by atoms with van der Waals surface area (Å²) in [7, 11) is 0. The first-order valence-electron chi connectivity index (χ1n) is 7.66. The molecule has 2 fully saturated rings. The van der Waals surface area contributed by atoms with E-state index in [9.17, 15) is 4.39 Å². The standard InChI is InChI=1S/C17H24FN/c1-13-6-8-17(9-7-13)10-11-19-12-15(17)14-4-2-3-5-16(14)18/h2-5,13,15,19H,6-12H2,1H3. The minimum atomic E-state index is -0.0193. The molecule has 104 valence electrons. The molecule has 19 heavy (non-hydrogen) atoms. The van der Waals surface area contributed by atoms with Gasteiger partial charge >= 0.3 is 0 Å². The molecule has 1 aromatic carbocycles. The van der Waals surface area contributed by atoms with Gasteiger partial charge in [-0.2, -0.15) is 0 Å². The lowest BCUT2D eigenvalue weighted by atomic mass is 9.59. The fraction of sp³-hybridized carbons (Fsp3) is 0.647. The van der Waals surface area contributed by atoms with Crippen molar-refractivity contribution in [2.75, 3.05) is 13.1 Å². The summed E-state index contributed by atoms with van der Waals surface area (Å²) in [5.41, 5.74) is 1.28. The summed E-state index contributed by atoms with van der Waals surface area (Å²) in [6.45, 7) is 4.39. The molecule has 1 nitrogen and oxygen atoms in total. The van der Waals surface area contributed by atoms with Crippen LogP contribution in [0.15, 0.2) is 24.3 Å². The van der Waals surface area contributed by atoms with E-state index in [4.69, 9.17) is 0 Å². The molecule has 1 spiro atoms. The molecule has 1 heterocycles. The minimum absolute atomic E-state index is 0.0193. The van der Waals surface area contributed by atoms with Crippen LogP contribution in [0.3, 0.4) is 0 Å². The topological polar surface area (TPSA) is 12.0 Å². The summed E-state index contributed by atoms with van der Waals surface area (Å²) < 4.78 is 14.2. The Morgan fingerprint density at radius 3 is 2.63 bits per heavy atom. The van der Waals surface area contributed by atoms with E-state index in [1.807, 2.05) is 12.1 Å². The van der Waals surface area contributed by atoms with Crippen LogP contribution in [0.25, 0.3) is 0 Å². The van der Waals surface area contributed by atoms with Crippen molar-refractivity contribution in [1.82, 2.24) is 5.32 Å². The molecule has 1 unspecified atom stereocenters. The van der Waals surface area contributed by atoms with Crippen LogP contribution >= 0.6 is 0 Å². The second-order valence-electron chi connectivity index (χ2n) is 6.57. The van der Waals surface area contributed by atoms with Gasteiger partial charge in [-0.3, -0.25) is 0 Å². The predicted octanol–water partition coefficient (Wildman–Crippen LogP) is 4.10. The van der Waals surface area contributed by atoms with Crippen molar-refractivity contribution >= 4 is 0 Å². The number of hydrogen-bond acceptors (Lipinski definition) is 1. The highest BCUT2D eigenvalue weighted by Gasteiger charge is 2.43. The summed E-state index contributed by atoms with van der Waals surface area (Å²) in [5, 5.41) is 3.48. The van der Waals surface area contributed by atoms with Gasteiger partial charge in [0, 0.05) is 12.5 Å². The fourth-order valence-corrected chi connectivity index (χ4v) is 4.11. The van der Waals surface area contributed by atoms with Crippen molar-refractivity contribution in [3.05, 3.63) is 35.6 Å². The van der Waals surface area contributed by atoms with Gasteiger partial charge in [-0.05, 0) is 48.8 Å². The Morgan fingerprint density at radius 1 is 1.16 bits per heavy atom. The summed E-state index contributed by atoms with van der Waals surface area (Å²) in [4.78, 5) is 0. The predicted molar refractivity (Wildman–Crippen MR) is 76.7 cm³/mol. The second kappa shape index (κ2) is 5.24. The number of nitrogens with one attached hydrogen (secondary N) is 1. The molecular formula is C17H24FN. The van der Waals surface area contributed by atoms with Crippen LogP contribution in [-0.2, 0) is 0 Å². The van der Waals surface area contributed by atoms with Crippen molar-refractivity contribution in [2.45, 2.75) is 44.9 Å². The maximum Gasteiger partial charge on any atom is 0.126 e. The molecule has 2 heteroatoms. The fourth-order valence-electron chi connectivity index (χ4n) is 4.11. The third-order valence-electron chi connectivity index (χ3n) is 5.44. The van der Waals surface area contributed by atoms with Crippen LogP contribution in [0.5, 0.6) is 0 Å². The summed E-state index contributed by atoms with van der Waals surface area (Å²) >= 11 is 0. The third kappa shape index (κ3) is 2.43. The van der Waals surface area contributed by atoms with Gasteiger partial charge in [-0.25, -0.2) is 4.39 Å². The van der Waals surface area contributed by atoms with Crippen molar-refractivity contribution < 1.29 is 4.39 Å². The van der Waals surface area contributed by atoms with Crippen molar-refractivity contribution in [1.29, 1.82) is 0 Å². The molecule has 3 rings (SSSR count). The quantitative estimate of drug-likeness (QED) is 0.802. The number of piperidine rings is 1. The molecule has 1 saturated carbocycles. The molecule has 1 N–H and O–H groups in total. The molecule has 0 amide bonds. The van der Waals surface area contributed by atoms with Crippen LogP contribution in [0.2, 0.25) is 0 Å². The van der Waals surface area contributed by atoms with Gasteiger partial charge in [0.05, 0.1) is 0 Å². The van der Waals surface area contributed by atoms with Gasteiger partial charge in [0.25, 0.3) is 0 Å². The number of halogens is 1. The van der Waals surface area contributed by atoms with Gasteiger partial charge in [0.15, 0.2) is 0 Å². The van der Waals surface area contributed by atoms with Gasteiger partial charge in [-0.1, -0.05) is 38.0 Å². The highest BCUT2D eigenvalue weighted by Crippen LogP contribution is 2.52. The average molecular weight is 261 g/mol. The first-order valence-corrected chi connectivity index (χ1v) is 7.66. The van der Waals surface area contributed by atoms with Crippen molar-refractivity contribution in [3.8, 4) is 0 Å².